The Hall–Kier alpha value is -0.610. The van der Waals surface area contributed by atoms with Crippen molar-refractivity contribution in [3.8, 4) is 0 Å². The molecule has 1 amide bonds. The molecule has 0 rings (SSSR count). The first-order valence-electron chi connectivity index (χ1n) is 6.55. The Morgan fingerprint density at radius 2 is 1.76 bits per heavy atom. The highest BCUT2D eigenvalue weighted by Crippen LogP contribution is 2.24. The topological polar surface area (TPSA) is 61.4 Å². The van der Waals surface area contributed by atoms with E-state index in [1.165, 1.54) is 0 Å². The van der Waals surface area contributed by atoms with Gasteiger partial charge in [0, 0.05) is 24.6 Å². The number of rotatable bonds is 8. The van der Waals surface area contributed by atoms with Crippen molar-refractivity contribution >= 4 is 5.91 Å². The van der Waals surface area contributed by atoms with Gasteiger partial charge in [-0.15, -0.1) is 0 Å². The minimum atomic E-state index is -0.221. The van der Waals surface area contributed by atoms with Crippen molar-refractivity contribution in [1.29, 1.82) is 0 Å². The molecule has 17 heavy (non-hydrogen) atoms. The number of hydrogen-bond acceptors (Lipinski definition) is 3. The van der Waals surface area contributed by atoms with Crippen LogP contribution in [0, 0.1) is 5.41 Å². The Bertz CT molecular complexity index is 217. The molecule has 0 radical (unpaired) electrons. The van der Waals surface area contributed by atoms with Gasteiger partial charge < -0.3 is 15.7 Å². The van der Waals surface area contributed by atoms with E-state index in [2.05, 4.69) is 24.5 Å². The molecule has 0 aliphatic rings. The number of carbonyl (C=O) groups is 1. The summed E-state index contributed by atoms with van der Waals surface area (Å²) in [6.45, 7) is 10.7. The van der Waals surface area contributed by atoms with Gasteiger partial charge in [-0.05, 0) is 33.6 Å². The highest BCUT2D eigenvalue weighted by molar-refractivity contribution is 5.81. The van der Waals surface area contributed by atoms with E-state index in [0.29, 0.717) is 6.54 Å². The summed E-state index contributed by atoms with van der Waals surface area (Å²) in [5, 5.41) is 15.5. The van der Waals surface area contributed by atoms with Crippen LogP contribution in [-0.2, 0) is 4.79 Å². The minimum absolute atomic E-state index is 0.0130. The summed E-state index contributed by atoms with van der Waals surface area (Å²) >= 11 is 0. The van der Waals surface area contributed by atoms with Crippen LogP contribution in [-0.4, -0.2) is 36.2 Å². The maximum Gasteiger partial charge on any atom is 0.237 e. The third-order valence-electron chi connectivity index (χ3n) is 3.44. The van der Waals surface area contributed by atoms with Crippen LogP contribution >= 0.6 is 0 Å². The van der Waals surface area contributed by atoms with Crippen molar-refractivity contribution in [2.45, 2.75) is 59.5 Å². The molecule has 0 saturated heterocycles. The van der Waals surface area contributed by atoms with E-state index < -0.39 is 0 Å². The van der Waals surface area contributed by atoms with Gasteiger partial charge in [-0.2, -0.15) is 0 Å². The van der Waals surface area contributed by atoms with Gasteiger partial charge in [-0.25, -0.2) is 0 Å². The Labute approximate surface area is 105 Å². The Kier molecular flexibility index (Phi) is 7.39. The van der Waals surface area contributed by atoms with Crippen molar-refractivity contribution in [1.82, 2.24) is 10.6 Å². The fourth-order valence-electron chi connectivity index (χ4n) is 1.65. The van der Waals surface area contributed by atoms with Crippen LogP contribution in [0.5, 0.6) is 0 Å². The molecule has 0 saturated carbocycles. The molecule has 0 aromatic rings. The molecule has 0 aromatic carbocycles. The zero-order chi connectivity index (χ0) is 13.5. The molecule has 1 atom stereocenters. The SMILES string of the molecule is CCC(CC)(CO)CNC(C)C(=O)NC(C)C. The van der Waals surface area contributed by atoms with Crippen molar-refractivity contribution in [2.24, 2.45) is 5.41 Å². The second kappa shape index (κ2) is 7.67. The molecular formula is C13H28N2O2. The Morgan fingerprint density at radius 3 is 2.12 bits per heavy atom. The summed E-state index contributed by atoms with van der Waals surface area (Å²) in [5.41, 5.74) is -0.105. The maximum absolute atomic E-state index is 11.7. The predicted octanol–water partition coefficient (Wildman–Crippen LogP) is 1.29. The van der Waals surface area contributed by atoms with Crippen molar-refractivity contribution in [2.75, 3.05) is 13.2 Å². The van der Waals surface area contributed by atoms with E-state index in [-0.39, 0.29) is 30.0 Å². The zero-order valence-electron chi connectivity index (χ0n) is 11.8. The minimum Gasteiger partial charge on any atom is -0.396 e. The number of aliphatic hydroxyl groups is 1. The first kappa shape index (κ1) is 16.4. The molecular weight excluding hydrogens is 216 g/mol. The van der Waals surface area contributed by atoms with Crippen molar-refractivity contribution in [3.63, 3.8) is 0 Å². The van der Waals surface area contributed by atoms with Crippen LogP contribution < -0.4 is 10.6 Å². The molecule has 3 N–H and O–H groups in total. The Morgan fingerprint density at radius 1 is 1.24 bits per heavy atom. The third-order valence-corrected chi connectivity index (χ3v) is 3.44. The molecule has 0 fully saturated rings. The van der Waals surface area contributed by atoms with Gasteiger partial charge in [0.05, 0.1) is 6.04 Å². The van der Waals surface area contributed by atoms with Gasteiger partial charge >= 0.3 is 0 Å². The molecule has 1 unspecified atom stereocenters. The summed E-state index contributed by atoms with van der Waals surface area (Å²) in [4.78, 5) is 11.7. The lowest BCUT2D eigenvalue weighted by atomic mass is 9.83. The predicted molar refractivity (Wildman–Crippen MR) is 70.8 cm³/mol. The van der Waals surface area contributed by atoms with Crippen LogP contribution in [0.25, 0.3) is 0 Å². The first-order chi connectivity index (χ1) is 7.90. The second-order valence-electron chi connectivity index (χ2n) is 5.13. The van der Waals surface area contributed by atoms with Crippen molar-refractivity contribution in [3.05, 3.63) is 0 Å². The largest absolute Gasteiger partial charge is 0.396 e. The molecule has 0 aliphatic heterocycles. The normalized spacial score (nSPS) is 13.8. The molecule has 4 nitrogen and oxygen atoms in total. The summed E-state index contributed by atoms with van der Waals surface area (Å²) in [6.07, 6.45) is 1.82. The molecule has 0 spiro atoms. The zero-order valence-corrected chi connectivity index (χ0v) is 11.8. The van der Waals surface area contributed by atoms with Crippen molar-refractivity contribution < 1.29 is 9.90 Å². The number of amides is 1. The quantitative estimate of drug-likeness (QED) is 0.603. The van der Waals surface area contributed by atoms with E-state index in [1.807, 2.05) is 20.8 Å². The summed E-state index contributed by atoms with van der Waals surface area (Å²) in [5.74, 6) is 0.0130. The number of aliphatic hydroxyl groups excluding tert-OH is 1. The average Bonchev–Trinajstić information content (AvgIpc) is 2.30. The number of carbonyl (C=O) groups excluding carboxylic acids is 1. The molecule has 0 bridgehead atoms. The van der Waals surface area contributed by atoms with Crippen LogP contribution in [0.15, 0.2) is 0 Å². The van der Waals surface area contributed by atoms with Gasteiger partial charge in [0.2, 0.25) is 5.91 Å². The van der Waals surface area contributed by atoms with E-state index in [0.717, 1.165) is 12.8 Å². The number of nitrogens with one attached hydrogen (secondary N) is 2. The monoisotopic (exact) mass is 244 g/mol. The lowest BCUT2D eigenvalue weighted by molar-refractivity contribution is -0.123. The van der Waals surface area contributed by atoms with Gasteiger partial charge in [-0.1, -0.05) is 13.8 Å². The highest BCUT2D eigenvalue weighted by Gasteiger charge is 2.26. The molecule has 0 aromatic heterocycles. The lowest BCUT2D eigenvalue weighted by Crippen LogP contribution is -2.48. The third kappa shape index (κ3) is 5.50. The fourth-order valence-corrected chi connectivity index (χ4v) is 1.65. The van der Waals surface area contributed by atoms with Crippen LogP contribution in [0.1, 0.15) is 47.5 Å². The van der Waals surface area contributed by atoms with Gasteiger partial charge in [0.1, 0.15) is 0 Å². The first-order valence-corrected chi connectivity index (χ1v) is 6.55. The molecule has 4 heteroatoms. The summed E-state index contributed by atoms with van der Waals surface area (Å²) < 4.78 is 0. The van der Waals surface area contributed by atoms with Crippen LogP contribution in [0.4, 0.5) is 0 Å². The van der Waals surface area contributed by atoms with Gasteiger partial charge in [-0.3, -0.25) is 4.79 Å². The summed E-state index contributed by atoms with van der Waals surface area (Å²) in [7, 11) is 0. The standard InChI is InChI=1S/C13H28N2O2/c1-6-13(7-2,9-16)8-14-11(5)12(17)15-10(3)4/h10-11,14,16H,6-9H2,1-5H3,(H,15,17). The lowest BCUT2D eigenvalue weighted by Gasteiger charge is -2.31. The highest BCUT2D eigenvalue weighted by atomic mass is 16.3. The second-order valence-corrected chi connectivity index (χ2v) is 5.13. The van der Waals surface area contributed by atoms with E-state index in [1.54, 1.807) is 0 Å². The maximum atomic E-state index is 11.7. The average molecular weight is 244 g/mol. The van der Waals surface area contributed by atoms with Crippen LogP contribution in [0.2, 0.25) is 0 Å². The smallest absolute Gasteiger partial charge is 0.237 e. The Balaban J connectivity index is 4.21. The molecule has 102 valence electrons. The van der Waals surface area contributed by atoms with Gasteiger partial charge in [0.15, 0.2) is 0 Å². The molecule has 0 heterocycles. The van der Waals surface area contributed by atoms with E-state index >= 15 is 0 Å². The fraction of sp³-hybridized carbons (Fsp3) is 0.923. The van der Waals surface area contributed by atoms with Gasteiger partial charge in [0.25, 0.3) is 0 Å². The van der Waals surface area contributed by atoms with Crippen LogP contribution in [0.3, 0.4) is 0 Å². The molecule has 0 aliphatic carbocycles. The summed E-state index contributed by atoms with van der Waals surface area (Å²) in [6, 6.07) is -0.0619. The number of hydrogen-bond donors (Lipinski definition) is 3. The van der Waals surface area contributed by atoms with E-state index in [4.69, 9.17) is 0 Å². The van der Waals surface area contributed by atoms with E-state index in [9.17, 15) is 9.90 Å².